The van der Waals surface area contributed by atoms with Crippen LogP contribution in [0.3, 0.4) is 0 Å². The van der Waals surface area contributed by atoms with Crippen LogP contribution in [0.4, 0.5) is 5.69 Å². The monoisotopic (exact) mass is 428 g/mol. The Morgan fingerprint density at radius 2 is 1.77 bits per heavy atom. The number of benzene rings is 1. The van der Waals surface area contributed by atoms with E-state index in [0.717, 1.165) is 44.5 Å². The normalized spacial score (nSPS) is 20.4. The lowest BCUT2D eigenvalue weighted by Crippen LogP contribution is -2.60. The van der Waals surface area contributed by atoms with E-state index in [-0.39, 0.29) is 30.1 Å². The van der Waals surface area contributed by atoms with Gasteiger partial charge in [-0.1, -0.05) is 44.9 Å². The fourth-order valence-electron chi connectivity index (χ4n) is 4.52. The number of rotatable bonds is 8. The van der Waals surface area contributed by atoms with E-state index >= 15 is 0 Å². The highest BCUT2D eigenvalue weighted by Crippen LogP contribution is 2.21. The molecule has 2 heterocycles. The lowest BCUT2D eigenvalue weighted by Gasteiger charge is -2.39. The molecule has 0 spiro atoms. The van der Waals surface area contributed by atoms with E-state index in [1.165, 1.54) is 0 Å². The standard InChI is InChI=1S/C24H36N4O3/c1-3-5-9-19(4-2)24(31)28-13-12-25-23(30)21(28)18-22(29)27-16-14-26(15-17-27)20-10-7-6-8-11-20/h6-8,10-11,19,21H,3-5,9,12-18H2,1-2H3,(H,25,30)/t19-,21-/m1/s1. The number of carbonyl (C=O) groups is 3. The lowest BCUT2D eigenvalue weighted by molar-refractivity contribution is -0.149. The van der Waals surface area contributed by atoms with Crippen LogP contribution in [0.1, 0.15) is 46.0 Å². The van der Waals surface area contributed by atoms with Gasteiger partial charge in [0.25, 0.3) is 0 Å². The SMILES string of the molecule is CCCC[C@@H](CC)C(=O)N1CCNC(=O)[C@H]1CC(=O)N1CCN(c2ccccc2)CC1. The van der Waals surface area contributed by atoms with Crippen molar-refractivity contribution in [3.05, 3.63) is 30.3 Å². The average Bonchev–Trinajstić information content (AvgIpc) is 2.81. The Morgan fingerprint density at radius 3 is 2.42 bits per heavy atom. The second kappa shape index (κ2) is 11.2. The summed E-state index contributed by atoms with van der Waals surface area (Å²) >= 11 is 0. The Labute approximate surface area is 185 Å². The summed E-state index contributed by atoms with van der Waals surface area (Å²) in [6.07, 6.45) is 3.71. The third-order valence-electron chi connectivity index (χ3n) is 6.48. The van der Waals surface area contributed by atoms with E-state index in [4.69, 9.17) is 0 Å². The van der Waals surface area contributed by atoms with Crippen LogP contribution in [0, 0.1) is 5.92 Å². The minimum absolute atomic E-state index is 0.0255. The Morgan fingerprint density at radius 1 is 1.06 bits per heavy atom. The Bertz CT molecular complexity index is 746. The van der Waals surface area contributed by atoms with E-state index in [1.807, 2.05) is 30.0 Å². The van der Waals surface area contributed by atoms with Crippen molar-refractivity contribution in [2.45, 2.75) is 52.0 Å². The molecule has 0 bridgehead atoms. The molecule has 2 fully saturated rings. The van der Waals surface area contributed by atoms with Crippen LogP contribution in [0.5, 0.6) is 0 Å². The highest BCUT2D eigenvalue weighted by Gasteiger charge is 2.38. The molecule has 7 nitrogen and oxygen atoms in total. The number of para-hydroxylation sites is 1. The quantitative estimate of drug-likeness (QED) is 0.689. The van der Waals surface area contributed by atoms with Crippen molar-refractivity contribution in [3.8, 4) is 0 Å². The molecule has 0 aliphatic carbocycles. The maximum Gasteiger partial charge on any atom is 0.243 e. The zero-order valence-corrected chi connectivity index (χ0v) is 18.9. The molecule has 0 aromatic heterocycles. The van der Waals surface area contributed by atoms with Crippen molar-refractivity contribution in [2.24, 2.45) is 5.92 Å². The zero-order valence-electron chi connectivity index (χ0n) is 18.9. The van der Waals surface area contributed by atoms with Gasteiger partial charge in [-0.05, 0) is 25.0 Å². The summed E-state index contributed by atoms with van der Waals surface area (Å²) in [5, 5.41) is 2.84. The molecule has 7 heteroatoms. The van der Waals surface area contributed by atoms with Gasteiger partial charge in [0.05, 0.1) is 6.42 Å². The van der Waals surface area contributed by atoms with Crippen LogP contribution in [-0.4, -0.2) is 72.8 Å². The molecule has 0 unspecified atom stereocenters. The smallest absolute Gasteiger partial charge is 0.243 e. The van der Waals surface area contributed by atoms with E-state index in [9.17, 15) is 14.4 Å². The van der Waals surface area contributed by atoms with Crippen LogP contribution in [-0.2, 0) is 14.4 Å². The van der Waals surface area contributed by atoms with Gasteiger partial charge in [0.15, 0.2) is 0 Å². The minimum atomic E-state index is -0.698. The van der Waals surface area contributed by atoms with Crippen molar-refractivity contribution in [3.63, 3.8) is 0 Å². The number of unbranched alkanes of at least 4 members (excludes halogenated alkanes) is 1. The average molecular weight is 429 g/mol. The van der Waals surface area contributed by atoms with Gasteiger partial charge in [0.1, 0.15) is 6.04 Å². The Kier molecular flexibility index (Phi) is 8.32. The summed E-state index contributed by atoms with van der Waals surface area (Å²) in [5.74, 6) is -0.300. The molecule has 170 valence electrons. The van der Waals surface area contributed by atoms with Crippen molar-refractivity contribution in [1.29, 1.82) is 0 Å². The van der Waals surface area contributed by atoms with Gasteiger partial charge in [-0.25, -0.2) is 0 Å². The molecule has 3 amide bonds. The van der Waals surface area contributed by atoms with E-state index < -0.39 is 6.04 Å². The molecule has 2 saturated heterocycles. The first kappa shape index (κ1) is 23.1. The van der Waals surface area contributed by atoms with Crippen molar-refractivity contribution >= 4 is 23.4 Å². The molecular formula is C24H36N4O3. The minimum Gasteiger partial charge on any atom is -0.368 e. The summed E-state index contributed by atoms with van der Waals surface area (Å²) in [6.45, 7) is 7.86. The Hall–Kier alpha value is -2.57. The first-order valence-corrected chi connectivity index (χ1v) is 11.7. The topological polar surface area (TPSA) is 73.0 Å². The highest BCUT2D eigenvalue weighted by atomic mass is 16.2. The van der Waals surface area contributed by atoms with Crippen LogP contribution < -0.4 is 10.2 Å². The third-order valence-corrected chi connectivity index (χ3v) is 6.48. The number of anilines is 1. The summed E-state index contributed by atoms with van der Waals surface area (Å²) < 4.78 is 0. The van der Waals surface area contributed by atoms with Gasteiger partial charge in [-0.3, -0.25) is 14.4 Å². The van der Waals surface area contributed by atoms with Crippen LogP contribution in [0.15, 0.2) is 30.3 Å². The van der Waals surface area contributed by atoms with Crippen LogP contribution in [0.2, 0.25) is 0 Å². The number of piperazine rings is 2. The molecule has 2 atom stereocenters. The molecule has 0 saturated carbocycles. The van der Waals surface area contributed by atoms with Gasteiger partial charge >= 0.3 is 0 Å². The van der Waals surface area contributed by atoms with Crippen LogP contribution >= 0.6 is 0 Å². The molecule has 31 heavy (non-hydrogen) atoms. The van der Waals surface area contributed by atoms with Gasteiger partial charge in [0, 0.05) is 50.9 Å². The molecule has 2 aliphatic heterocycles. The number of hydrogen-bond acceptors (Lipinski definition) is 4. The number of nitrogens with zero attached hydrogens (tertiary/aromatic N) is 3. The molecule has 2 aliphatic rings. The van der Waals surface area contributed by atoms with Crippen molar-refractivity contribution < 1.29 is 14.4 Å². The van der Waals surface area contributed by atoms with E-state index in [1.54, 1.807) is 4.90 Å². The maximum absolute atomic E-state index is 13.2. The molecule has 1 N–H and O–H groups in total. The van der Waals surface area contributed by atoms with Crippen molar-refractivity contribution in [1.82, 2.24) is 15.1 Å². The predicted molar refractivity (Wildman–Crippen MR) is 122 cm³/mol. The zero-order chi connectivity index (χ0) is 22.2. The second-order valence-corrected chi connectivity index (χ2v) is 8.49. The van der Waals surface area contributed by atoms with Crippen LogP contribution in [0.25, 0.3) is 0 Å². The van der Waals surface area contributed by atoms with Gasteiger partial charge in [-0.2, -0.15) is 0 Å². The summed E-state index contributed by atoms with van der Waals surface area (Å²) in [4.78, 5) is 44.6. The van der Waals surface area contributed by atoms with Gasteiger partial charge in [-0.15, -0.1) is 0 Å². The summed E-state index contributed by atoms with van der Waals surface area (Å²) in [5.41, 5.74) is 1.16. The maximum atomic E-state index is 13.2. The van der Waals surface area contributed by atoms with E-state index in [0.29, 0.717) is 26.2 Å². The number of carbonyl (C=O) groups excluding carboxylic acids is 3. The largest absolute Gasteiger partial charge is 0.368 e. The molecule has 3 rings (SSSR count). The summed E-state index contributed by atoms with van der Waals surface area (Å²) in [7, 11) is 0. The van der Waals surface area contributed by atoms with E-state index in [2.05, 4.69) is 29.3 Å². The number of amides is 3. The third kappa shape index (κ3) is 5.77. The molecular weight excluding hydrogens is 392 g/mol. The first-order valence-electron chi connectivity index (χ1n) is 11.7. The highest BCUT2D eigenvalue weighted by molar-refractivity contribution is 5.93. The van der Waals surface area contributed by atoms with Crippen molar-refractivity contribution in [2.75, 3.05) is 44.2 Å². The molecule has 1 aromatic carbocycles. The fourth-order valence-corrected chi connectivity index (χ4v) is 4.52. The van der Waals surface area contributed by atoms with Gasteiger partial charge in [0.2, 0.25) is 17.7 Å². The second-order valence-electron chi connectivity index (χ2n) is 8.49. The predicted octanol–water partition coefficient (Wildman–Crippen LogP) is 2.27. The first-order chi connectivity index (χ1) is 15.0. The summed E-state index contributed by atoms with van der Waals surface area (Å²) in [6, 6.07) is 9.49. The molecule has 0 radical (unpaired) electrons. The van der Waals surface area contributed by atoms with Gasteiger partial charge < -0.3 is 20.0 Å². The molecule has 1 aromatic rings. The fraction of sp³-hybridized carbons (Fsp3) is 0.625. The lowest BCUT2D eigenvalue weighted by atomic mass is 9.95. The Balaban J connectivity index is 1.60. The number of nitrogens with one attached hydrogen (secondary N) is 1. The number of hydrogen-bond donors (Lipinski definition) is 1.